The Morgan fingerprint density at radius 2 is 1.69 bits per heavy atom. The zero-order valence-electron chi connectivity index (χ0n) is 14.1. The summed E-state index contributed by atoms with van der Waals surface area (Å²) in [4.78, 5) is 22.6. The predicted octanol–water partition coefficient (Wildman–Crippen LogP) is 5.31. The summed E-state index contributed by atoms with van der Waals surface area (Å²) in [7, 11) is 0. The summed E-state index contributed by atoms with van der Waals surface area (Å²) >= 11 is 34.8. The number of nitrogens with one attached hydrogen (secondary N) is 3. The van der Waals surface area contributed by atoms with E-state index in [1.54, 1.807) is 0 Å². The fourth-order valence-corrected chi connectivity index (χ4v) is 2.93. The largest absolute Gasteiger partial charge is 0.339 e. The van der Waals surface area contributed by atoms with E-state index in [-0.39, 0.29) is 27.1 Å². The van der Waals surface area contributed by atoms with Crippen LogP contribution >= 0.6 is 70.2 Å². The van der Waals surface area contributed by atoms with E-state index in [9.17, 15) is 14.9 Å². The molecule has 154 valence electrons. The lowest BCUT2D eigenvalue weighted by Crippen LogP contribution is -2.56. The lowest BCUT2D eigenvalue weighted by Gasteiger charge is -2.28. The molecule has 1 amide bonds. The fourth-order valence-electron chi connectivity index (χ4n) is 2.02. The van der Waals surface area contributed by atoms with E-state index in [0.29, 0.717) is 5.02 Å². The number of thiocarbonyl (C=S) groups is 1. The first-order valence-electron chi connectivity index (χ1n) is 7.62. The first kappa shape index (κ1) is 23.7. The molecule has 0 spiro atoms. The zero-order chi connectivity index (χ0) is 21.8. The highest BCUT2D eigenvalue weighted by Crippen LogP contribution is 2.30. The summed E-state index contributed by atoms with van der Waals surface area (Å²) in [5, 5.41) is 19.1. The maximum Gasteiger partial charge on any atom is 0.271 e. The molecule has 0 aliphatic rings. The number of nitrogens with zero attached hydrogens (tertiary/aromatic N) is 1. The van der Waals surface area contributed by atoms with E-state index in [2.05, 4.69) is 16.0 Å². The van der Waals surface area contributed by atoms with Gasteiger partial charge in [0, 0.05) is 22.7 Å². The van der Waals surface area contributed by atoms with Crippen LogP contribution in [0.15, 0.2) is 42.5 Å². The van der Waals surface area contributed by atoms with Crippen LogP contribution in [0.5, 0.6) is 0 Å². The first-order chi connectivity index (χ1) is 13.5. The molecule has 0 aliphatic heterocycles. The van der Waals surface area contributed by atoms with Gasteiger partial charge in [0.1, 0.15) is 6.17 Å². The minimum atomic E-state index is -1.97. The lowest BCUT2D eigenvalue weighted by molar-refractivity contribution is -0.384. The number of anilines is 1. The van der Waals surface area contributed by atoms with E-state index >= 15 is 0 Å². The Hall–Kier alpha value is -1.55. The molecule has 1 atom stereocenters. The standard InChI is InChI=1S/C16H11Cl5N4O3S/c17-9-3-1-8(2-4-9)13(26)23-14(16(19,20)21)24-15(29)22-12-6-5-10(25(27)28)7-11(12)18/h1-7,14H,(H,23,26)(H2,22,24,29). The van der Waals surface area contributed by atoms with E-state index < -0.39 is 20.8 Å². The second kappa shape index (κ2) is 9.97. The van der Waals surface area contributed by atoms with E-state index in [1.807, 2.05) is 0 Å². The number of alkyl halides is 3. The van der Waals surface area contributed by atoms with Crippen molar-refractivity contribution < 1.29 is 9.72 Å². The Morgan fingerprint density at radius 3 is 2.21 bits per heavy atom. The minimum absolute atomic E-state index is 0.0477. The number of carbonyl (C=O) groups is 1. The van der Waals surface area contributed by atoms with Crippen molar-refractivity contribution in [1.82, 2.24) is 10.6 Å². The summed E-state index contributed by atoms with van der Waals surface area (Å²) in [6.07, 6.45) is -1.22. The molecule has 0 saturated carbocycles. The molecule has 0 aromatic heterocycles. The quantitative estimate of drug-likeness (QED) is 0.164. The third-order valence-corrected chi connectivity index (χ3v) is 4.84. The molecule has 0 fully saturated rings. The highest BCUT2D eigenvalue weighted by molar-refractivity contribution is 7.80. The molecule has 0 aliphatic carbocycles. The van der Waals surface area contributed by atoms with Gasteiger partial charge >= 0.3 is 0 Å². The lowest BCUT2D eigenvalue weighted by atomic mass is 10.2. The molecule has 1 unspecified atom stereocenters. The predicted molar refractivity (Wildman–Crippen MR) is 120 cm³/mol. The third kappa shape index (κ3) is 7.02. The van der Waals surface area contributed by atoms with E-state index in [1.165, 1.54) is 36.4 Å². The van der Waals surface area contributed by atoms with E-state index in [0.717, 1.165) is 6.07 Å². The molecule has 2 aromatic carbocycles. The van der Waals surface area contributed by atoms with Gasteiger partial charge in [0.15, 0.2) is 5.11 Å². The molecule has 7 nitrogen and oxygen atoms in total. The van der Waals surface area contributed by atoms with Gasteiger partial charge in [-0.05, 0) is 42.5 Å². The molecule has 0 bridgehead atoms. The number of nitro groups is 1. The van der Waals surface area contributed by atoms with Crippen molar-refractivity contribution in [1.29, 1.82) is 0 Å². The van der Waals surface area contributed by atoms with Crippen LogP contribution in [-0.4, -0.2) is 25.9 Å². The number of rotatable bonds is 5. The number of halogens is 5. The molecule has 2 aromatic rings. The zero-order valence-corrected chi connectivity index (χ0v) is 18.7. The van der Waals surface area contributed by atoms with Crippen LogP contribution in [0.25, 0.3) is 0 Å². The van der Waals surface area contributed by atoms with Crippen molar-refractivity contribution in [2.24, 2.45) is 0 Å². The number of hydrogen-bond acceptors (Lipinski definition) is 4. The highest BCUT2D eigenvalue weighted by Gasteiger charge is 2.35. The first-order valence-corrected chi connectivity index (χ1v) is 9.92. The molecule has 29 heavy (non-hydrogen) atoms. The molecule has 0 heterocycles. The summed E-state index contributed by atoms with van der Waals surface area (Å²) in [5.41, 5.74) is 0.378. The number of benzene rings is 2. The molecular formula is C16H11Cl5N4O3S. The topological polar surface area (TPSA) is 96.3 Å². The summed E-state index contributed by atoms with van der Waals surface area (Å²) in [6.45, 7) is 0. The van der Waals surface area contributed by atoms with Gasteiger partial charge in [0.05, 0.1) is 15.6 Å². The maximum absolute atomic E-state index is 12.4. The maximum atomic E-state index is 12.4. The van der Waals surface area contributed by atoms with Crippen LogP contribution in [0, 0.1) is 10.1 Å². The van der Waals surface area contributed by atoms with Crippen LogP contribution in [-0.2, 0) is 0 Å². The number of hydrogen-bond donors (Lipinski definition) is 3. The van der Waals surface area contributed by atoms with Crippen LogP contribution in [0.1, 0.15) is 10.4 Å². The molecule has 13 heteroatoms. The highest BCUT2D eigenvalue weighted by atomic mass is 35.6. The normalized spacial score (nSPS) is 12.0. The Bertz CT molecular complexity index is 937. The van der Waals surface area contributed by atoms with Gasteiger partial charge < -0.3 is 16.0 Å². The monoisotopic (exact) mass is 514 g/mol. The number of non-ortho nitro benzene ring substituents is 1. The fraction of sp³-hybridized carbons (Fsp3) is 0.125. The summed E-state index contributed by atoms with van der Waals surface area (Å²) < 4.78 is -1.97. The number of carbonyl (C=O) groups excluding carboxylic acids is 1. The summed E-state index contributed by atoms with van der Waals surface area (Å²) in [5.74, 6) is -0.540. The van der Waals surface area contributed by atoms with Gasteiger partial charge in [-0.3, -0.25) is 14.9 Å². The second-order valence-electron chi connectivity index (χ2n) is 5.47. The molecule has 3 N–H and O–H groups in total. The van der Waals surface area contributed by atoms with E-state index in [4.69, 9.17) is 70.2 Å². The molecule has 0 saturated heterocycles. The van der Waals surface area contributed by atoms with Gasteiger partial charge in [-0.2, -0.15) is 0 Å². The van der Waals surface area contributed by atoms with Crippen molar-refractivity contribution in [2.75, 3.05) is 5.32 Å². The van der Waals surface area contributed by atoms with Gasteiger partial charge in [-0.25, -0.2) is 0 Å². The molecular weight excluding hydrogens is 506 g/mol. The van der Waals surface area contributed by atoms with Gasteiger partial charge in [0.25, 0.3) is 11.6 Å². The van der Waals surface area contributed by atoms with Crippen LogP contribution in [0.4, 0.5) is 11.4 Å². The average Bonchev–Trinajstić information content (AvgIpc) is 2.62. The average molecular weight is 517 g/mol. The van der Waals surface area contributed by atoms with Crippen LogP contribution in [0.2, 0.25) is 10.0 Å². The smallest absolute Gasteiger partial charge is 0.271 e. The minimum Gasteiger partial charge on any atom is -0.339 e. The Balaban J connectivity index is 2.10. The van der Waals surface area contributed by atoms with Crippen LogP contribution < -0.4 is 16.0 Å². The Morgan fingerprint density at radius 1 is 1.07 bits per heavy atom. The Labute approximate surface area is 195 Å². The van der Waals surface area contributed by atoms with Crippen molar-refractivity contribution >= 4 is 92.6 Å². The van der Waals surface area contributed by atoms with Gasteiger partial charge in [-0.15, -0.1) is 0 Å². The van der Waals surface area contributed by atoms with Gasteiger partial charge in [-0.1, -0.05) is 58.0 Å². The van der Waals surface area contributed by atoms with Crippen molar-refractivity contribution in [3.8, 4) is 0 Å². The number of amides is 1. The molecule has 2 rings (SSSR count). The Kier molecular flexibility index (Phi) is 8.16. The third-order valence-electron chi connectivity index (χ3n) is 3.40. The SMILES string of the molecule is O=C(NC(NC(=S)Nc1ccc([N+](=O)[O-])cc1Cl)C(Cl)(Cl)Cl)c1ccc(Cl)cc1. The van der Waals surface area contributed by atoms with Crippen LogP contribution in [0.3, 0.4) is 0 Å². The van der Waals surface area contributed by atoms with Gasteiger partial charge in [0.2, 0.25) is 3.79 Å². The van der Waals surface area contributed by atoms with Crippen molar-refractivity contribution in [3.63, 3.8) is 0 Å². The molecule has 0 radical (unpaired) electrons. The van der Waals surface area contributed by atoms with Crippen molar-refractivity contribution in [3.05, 3.63) is 68.2 Å². The number of nitro benzene ring substituents is 1. The van der Waals surface area contributed by atoms with Crippen molar-refractivity contribution in [2.45, 2.75) is 9.96 Å². The second-order valence-corrected chi connectivity index (χ2v) is 9.10. The summed E-state index contributed by atoms with van der Waals surface area (Å²) in [6, 6.07) is 9.84.